The molecule has 1 aromatic carbocycles. The van der Waals surface area contributed by atoms with Crippen LogP contribution in [0.4, 0.5) is 13.2 Å². The van der Waals surface area contributed by atoms with Gasteiger partial charge in [0, 0.05) is 6.54 Å². The summed E-state index contributed by atoms with van der Waals surface area (Å²) < 4.78 is 37.8. The van der Waals surface area contributed by atoms with Crippen LogP contribution in [0.1, 0.15) is 22.8 Å². The fourth-order valence-corrected chi connectivity index (χ4v) is 1.11. The van der Waals surface area contributed by atoms with E-state index in [-0.39, 0.29) is 6.54 Å². The van der Waals surface area contributed by atoms with E-state index in [1.807, 2.05) is 0 Å². The molecule has 1 aromatic rings. The number of nitrogens with zero attached hydrogens (tertiary/aromatic N) is 1. The van der Waals surface area contributed by atoms with Crippen LogP contribution in [0.3, 0.4) is 0 Å². The summed E-state index contributed by atoms with van der Waals surface area (Å²) in [6.45, 7) is 1.54. The molecule has 18 heavy (non-hydrogen) atoms. The summed E-state index contributed by atoms with van der Waals surface area (Å²) in [5.74, 6) is -1.17. The van der Waals surface area contributed by atoms with Crippen molar-refractivity contribution < 1.29 is 22.8 Å². The molecule has 4 nitrogen and oxygen atoms in total. The van der Waals surface area contributed by atoms with Crippen LogP contribution in [0.25, 0.3) is 0 Å². The van der Waals surface area contributed by atoms with Gasteiger partial charge in [0.05, 0.1) is 16.8 Å². The minimum Gasteiger partial charge on any atom is -0.325 e. The highest BCUT2D eigenvalue weighted by molar-refractivity contribution is 5.92. The lowest BCUT2D eigenvalue weighted by Gasteiger charge is -2.10. The fraction of sp³-hybridized carbons (Fsp3) is 0.273. The van der Waals surface area contributed by atoms with E-state index >= 15 is 0 Å². The van der Waals surface area contributed by atoms with Gasteiger partial charge in [0.25, 0.3) is 0 Å². The Kier molecular flexibility index (Phi) is 4.43. The SMILES string of the molecule is C/C(CN)=N/OC(=O)c1ccccc1C(F)(F)F. The van der Waals surface area contributed by atoms with Crippen molar-refractivity contribution in [3.8, 4) is 0 Å². The van der Waals surface area contributed by atoms with Gasteiger partial charge in [-0.15, -0.1) is 0 Å². The molecule has 0 aromatic heterocycles. The van der Waals surface area contributed by atoms with E-state index in [0.29, 0.717) is 5.71 Å². The molecular weight excluding hydrogens is 249 g/mol. The Hall–Kier alpha value is -1.89. The Morgan fingerprint density at radius 3 is 2.56 bits per heavy atom. The van der Waals surface area contributed by atoms with Crippen LogP contribution in [0.2, 0.25) is 0 Å². The normalized spacial score (nSPS) is 12.4. The van der Waals surface area contributed by atoms with Crippen molar-refractivity contribution in [2.24, 2.45) is 10.9 Å². The lowest BCUT2D eigenvalue weighted by Crippen LogP contribution is -2.15. The van der Waals surface area contributed by atoms with Gasteiger partial charge in [0.2, 0.25) is 0 Å². The van der Waals surface area contributed by atoms with Crippen molar-refractivity contribution in [1.82, 2.24) is 0 Å². The van der Waals surface area contributed by atoms with Crippen molar-refractivity contribution in [2.45, 2.75) is 13.1 Å². The van der Waals surface area contributed by atoms with Gasteiger partial charge in [-0.2, -0.15) is 13.2 Å². The van der Waals surface area contributed by atoms with E-state index in [1.165, 1.54) is 19.1 Å². The van der Waals surface area contributed by atoms with Gasteiger partial charge < -0.3 is 10.6 Å². The molecule has 0 aliphatic rings. The molecule has 98 valence electrons. The molecule has 7 heteroatoms. The summed E-state index contributed by atoms with van der Waals surface area (Å²) >= 11 is 0. The van der Waals surface area contributed by atoms with E-state index in [9.17, 15) is 18.0 Å². The molecule has 0 atom stereocenters. The first kappa shape index (κ1) is 14.2. The summed E-state index contributed by atoms with van der Waals surface area (Å²) in [6, 6.07) is 4.33. The van der Waals surface area contributed by atoms with Gasteiger partial charge in [0.1, 0.15) is 0 Å². The summed E-state index contributed by atoms with van der Waals surface area (Å²) in [6.07, 6.45) is -4.62. The van der Waals surface area contributed by atoms with Crippen LogP contribution < -0.4 is 5.73 Å². The molecule has 0 bridgehead atoms. The highest BCUT2D eigenvalue weighted by atomic mass is 19.4. The standard InChI is InChI=1S/C11H11F3N2O2/c1-7(6-15)16-18-10(17)8-4-2-3-5-9(8)11(12,13)14/h2-5H,6,15H2,1H3/b16-7-. The van der Waals surface area contributed by atoms with Crippen molar-refractivity contribution in [2.75, 3.05) is 6.54 Å². The fourth-order valence-electron chi connectivity index (χ4n) is 1.11. The smallest absolute Gasteiger partial charge is 0.325 e. The van der Waals surface area contributed by atoms with Crippen LogP contribution >= 0.6 is 0 Å². The van der Waals surface area contributed by atoms with Gasteiger partial charge in [0.15, 0.2) is 0 Å². The van der Waals surface area contributed by atoms with Gasteiger partial charge in [-0.3, -0.25) is 0 Å². The van der Waals surface area contributed by atoms with Gasteiger partial charge in [-0.25, -0.2) is 4.79 Å². The molecular formula is C11H11F3N2O2. The molecule has 0 radical (unpaired) electrons. The lowest BCUT2D eigenvalue weighted by molar-refractivity contribution is -0.138. The predicted molar refractivity (Wildman–Crippen MR) is 59.0 cm³/mol. The van der Waals surface area contributed by atoms with Gasteiger partial charge in [-0.05, 0) is 19.1 Å². The second-order valence-corrected chi connectivity index (χ2v) is 3.45. The monoisotopic (exact) mass is 260 g/mol. The number of benzene rings is 1. The number of oxime groups is 1. The Labute approximate surface area is 101 Å². The number of rotatable bonds is 3. The largest absolute Gasteiger partial charge is 0.417 e. The first-order chi connectivity index (χ1) is 8.36. The molecule has 0 saturated heterocycles. The average molecular weight is 260 g/mol. The zero-order chi connectivity index (χ0) is 13.8. The molecule has 0 unspecified atom stereocenters. The van der Waals surface area contributed by atoms with E-state index in [4.69, 9.17) is 5.73 Å². The second kappa shape index (κ2) is 5.63. The quantitative estimate of drug-likeness (QED) is 0.514. The third kappa shape index (κ3) is 3.56. The number of nitrogens with two attached hydrogens (primary N) is 1. The summed E-state index contributed by atoms with van der Waals surface area (Å²) in [5.41, 5.74) is 3.85. The molecule has 0 amide bonds. The molecule has 0 aliphatic carbocycles. The molecule has 0 aliphatic heterocycles. The maximum absolute atomic E-state index is 12.6. The third-order valence-corrected chi connectivity index (χ3v) is 2.03. The Balaban J connectivity index is 3.00. The van der Waals surface area contributed by atoms with Crippen LogP contribution in [0.15, 0.2) is 29.4 Å². The van der Waals surface area contributed by atoms with E-state index in [0.717, 1.165) is 12.1 Å². The van der Waals surface area contributed by atoms with Crippen molar-refractivity contribution in [1.29, 1.82) is 0 Å². The molecule has 0 fully saturated rings. The number of alkyl halides is 3. The van der Waals surface area contributed by atoms with Crippen molar-refractivity contribution in [3.63, 3.8) is 0 Å². The van der Waals surface area contributed by atoms with E-state index in [2.05, 4.69) is 9.99 Å². The molecule has 0 spiro atoms. The number of carbonyl (C=O) groups excluding carboxylic acids is 1. The van der Waals surface area contributed by atoms with Crippen molar-refractivity contribution >= 4 is 11.7 Å². The first-order valence-electron chi connectivity index (χ1n) is 4.97. The van der Waals surface area contributed by atoms with E-state index in [1.54, 1.807) is 0 Å². The molecule has 0 heterocycles. The van der Waals surface area contributed by atoms with Gasteiger partial charge in [-0.1, -0.05) is 17.3 Å². The first-order valence-corrected chi connectivity index (χ1v) is 4.97. The number of hydrogen-bond donors (Lipinski definition) is 1. The maximum atomic E-state index is 12.6. The molecule has 0 saturated carbocycles. The molecule has 2 N–H and O–H groups in total. The topological polar surface area (TPSA) is 64.7 Å². The minimum atomic E-state index is -4.62. The number of hydrogen-bond acceptors (Lipinski definition) is 4. The lowest BCUT2D eigenvalue weighted by atomic mass is 10.1. The van der Waals surface area contributed by atoms with Gasteiger partial charge >= 0.3 is 12.1 Å². The van der Waals surface area contributed by atoms with Crippen LogP contribution in [0, 0.1) is 0 Å². The minimum absolute atomic E-state index is 0.0498. The van der Waals surface area contributed by atoms with Crippen LogP contribution in [0.5, 0.6) is 0 Å². The molecule has 1 rings (SSSR count). The maximum Gasteiger partial charge on any atom is 0.417 e. The Morgan fingerprint density at radius 2 is 2.00 bits per heavy atom. The zero-order valence-corrected chi connectivity index (χ0v) is 9.49. The number of carbonyl (C=O) groups is 1. The highest BCUT2D eigenvalue weighted by Crippen LogP contribution is 2.32. The number of halogens is 3. The van der Waals surface area contributed by atoms with Crippen molar-refractivity contribution in [3.05, 3.63) is 35.4 Å². The van der Waals surface area contributed by atoms with Crippen LogP contribution in [-0.2, 0) is 11.0 Å². The Morgan fingerprint density at radius 1 is 1.39 bits per heavy atom. The highest BCUT2D eigenvalue weighted by Gasteiger charge is 2.35. The van der Waals surface area contributed by atoms with Crippen LogP contribution in [-0.4, -0.2) is 18.2 Å². The van der Waals surface area contributed by atoms with E-state index < -0.39 is 23.3 Å². The second-order valence-electron chi connectivity index (χ2n) is 3.45. The summed E-state index contributed by atoms with van der Waals surface area (Å²) in [7, 11) is 0. The average Bonchev–Trinajstić information content (AvgIpc) is 2.34. The summed E-state index contributed by atoms with van der Waals surface area (Å²) in [5, 5.41) is 3.32. The zero-order valence-electron chi connectivity index (χ0n) is 9.49. The Bertz CT molecular complexity index is 470. The predicted octanol–water partition coefficient (Wildman–Crippen LogP) is 2.20. The summed E-state index contributed by atoms with van der Waals surface area (Å²) in [4.78, 5) is 15.8. The third-order valence-electron chi connectivity index (χ3n) is 2.03.